The Balaban J connectivity index is 1.92. The number of carbonyl (C=O) groups is 1. The molecule has 1 amide bonds. The molecule has 2 aromatic heterocycles. The van der Waals surface area contributed by atoms with E-state index in [0.717, 1.165) is 0 Å². The third-order valence-corrected chi connectivity index (χ3v) is 2.84. The standard InChI is InChI=1S/C15H11FN4O/c16-11-4-1-5-12(10-11)19-15(21)13-6-2-7-17-14(13)20-9-3-8-18-20/h1-10H,(H,19,21). The Bertz CT molecular complexity index is 771. The van der Waals surface area contributed by atoms with Crippen molar-refractivity contribution < 1.29 is 9.18 Å². The lowest BCUT2D eigenvalue weighted by Gasteiger charge is -2.09. The summed E-state index contributed by atoms with van der Waals surface area (Å²) in [5.41, 5.74) is 0.737. The first kappa shape index (κ1) is 13.0. The molecule has 0 saturated carbocycles. The van der Waals surface area contributed by atoms with Gasteiger partial charge >= 0.3 is 0 Å². The van der Waals surface area contributed by atoms with Gasteiger partial charge in [0.15, 0.2) is 5.82 Å². The molecule has 0 spiro atoms. The van der Waals surface area contributed by atoms with Crippen molar-refractivity contribution in [2.75, 3.05) is 5.32 Å². The highest BCUT2D eigenvalue weighted by Gasteiger charge is 2.14. The second-order valence-electron chi connectivity index (χ2n) is 4.29. The fourth-order valence-corrected chi connectivity index (χ4v) is 1.92. The summed E-state index contributed by atoms with van der Waals surface area (Å²) >= 11 is 0. The van der Waals surface area contributed by atoms with Gasteiger partial charge in [-0.1, -0.05) is 6.07 Å². The fourth-order valence-electron chi connectivity index (χ4n) is 1.92. The zero-order valence-corrected chi connectivity index (χ0v) is 10.9. The highest BCUT2D eigenvalue weighted by molar-refractivity contribution is 6.06. The predicted octanol–water partition coefficient (Wildman–Crippen LogP) is 2.66. The van der Waals surface area contributed by atoms with Crippen molar-refractivity contribution in [1.29, 1.82) is 0 Å². The molecule has 5 nitrogen and oxygen atoms in total. The van der Waals surface area contributed by atoms with Gasteiger partial charge in [-0.3, -0.25) is 4.79 Å². The molecule has 0 unspecified atom stereocenters. The highest BCUT2D eigenvalue weighted by Crippen LogP contribution is 2.14. The lowest BCUT2D eigenvalue weighted by atomic mass is 10.2. The van der Waals surface area contributed by atoms with Gasteiger partial charge in [0.1, 0.15) is 5.82 Å². The number of nitrogens with zero attached hydrogens (tertiary/aromatic N) is 3. The maximum absolute atomic E-state index is 13.1. The van der Waals surface area contributed by atoms with Crippen LogP contribution in [0.3, 0.4) is 0 Å². The van der Waals surface area contributed by atoms with Crippen molar-refractivity contribution in [2.24, 2.45) is 0 Å². The molecule has 0 radical (unpaired) electrons. The average molecular weight is 282 g/mol. The first-order valence-corrected chi connectivity index (χ1v) is 6.26. The van der Waals surface area contributed by atoms with E-state index in [2.05, 4.69) is 15.4 Å². The molecule has 0 atom stereocenters. The van der Waals surface area contributed by atoms with Crippen LogP contribution in [0.1, 0.15) is 10.4 Å². The van der Waals surface area contributed by atoms with Gasteiger partial charge in [-0.05, 0) is 36.4 Å². The third-order valence-electron chi connectivity index (χ3n) is 2.84. The van der Waals surface area contributed by atoms with Gasteiger partial charge in [0.05, 0.1) is 5.56 Å². The van der Waals surface area contributed by atoms with Crippen LogP contribution in [0, 0.1) is 5.82 Å². The van der Waals surface area contributed by atoms with Crippen LogP contribution in [-0.4, -0.2) is 20.7 Å². The van der Waals surface area contributed by atoms with E-state index in [1.807, 2.05) is 0 Å². The smallest absolute Gasteiger partial charge is 0.259 e. The molecule has 6 heteroatoms. The Labute approximate surface area is 120 Å². The lowest BCUT2D eigenvalue weighted by Crippen LogP contribution is -2.16. The minimum Gasteiger partial charge on any atom is -0.322 e. The van der Waals surface area contributed by atoms with E-state index >= 15 is 0 Å². The number of benzene rings is 1. The molecule has 21 heavy (non-hydrogen) atoms. The second-order valence-corrected chi connectivity index (χ2v) is 4.29. The number of anilines is 1. The number of amides is 1. The van der Waals surface area contributed by atoms with Crippen LogP contribution in [-0.2, 0) is 0 Å². The van der Waals surface area contributed by atoms with Gasteiger partial charge in [-0.2, -0.15) is 5.10 Å². The van der Waals surface area contributed by atoms with Gasteiger partial charge < -0.3 is 5.32 Å². The van der Waals surface area contributed by atoms with Crippen LogP contribution in [0.2, 0.25) is 0 Å². The molecular weight excluding hydrogens is 271 g/mol. The summed E-state index contributed by atoms with van der Waals surface area (Å²) in [6.45, 7) is 0. The maximum atomic E-state index is 13.1. The van der Waals surface area contributed by atoms with Crippen LogP contribution in [0.5, 0.6) is 0 Å². The largest absolute Gasteiger partial charge is 0.322 e. The summed E-state index contributed by atoms with van der Waals surface area (Å²) in [7, 11) is 0. The van der Waals surface area contributed by atoms with Crippen LogP contribution in [0.25, 0.3) is 5.82 Å². The number of rotatable bonds is 3. The summed E-state index contributed by atoms with van der Waals surface area (Å²) in [5, 5.41) is 6.71. The lowest BCUT2D eigenvalue weighted by molar-refractivity contribution is 0.102. The fraction of sp³-hybridized carbons (Fsp3) is 0. The molecule has 2 heterocycles. The molecule has 1 N–H and O–H groups in total. The number of carbonyl (C=O) groups excluding carboxylic acids is 1. The Morgan fingerprint density at radius 3 is 2.81 bits per heavy atom. The first-order valence-electron chi connectivity index (χ1n) is 6.26. The molecule has 0 aliphatic rings. The molecular formula is C15H11FN4O. The van der Waals surface area contributed by atoms with E-state index in [0.29, 0.717) is 17.1 Å². The van der Waals surface area contributed by atoms with Crippen LogP contribution >= 0.6 is 0 Å². The van der Waals surface area contributed by atoms with Gasteiger partial charge in [0.25, 0.3) is 5.91 Å². The van der Waals surface area contributed by atoms with E-state index in [1.165, 1.54) is 22.9 Å². The number of hydrogen-bond acceptors (Lipinski definition) is 3. The van der Waals surface area contributed by atoms with Crippen molar-refractivity contribution in [3.05, 3.63) is 72.4 Å². The van der Waals surface area contributed by atoms with Crippen LogP contribution < -0.4 is 5.32 Å². The SMILES string of the molecule is O=C(Nc1cccc(F)c1)c1cccnc1-n1cccn1. The highest BCUT2D eigenvalue weighted by atomic mass is 19.1. The normalized spacial score (nSPS) is 10.3. The molecule has 104 valence electrons. The zero-order chi connectivity index (χ0) is 14.7. The number of pyridine rings is 1. The minimum atomic E-state index is -0.411. The van der Waals surface area contributed by atoms with Crippen molar-refractivity contribution in [3.63, 3.8) is 0 Å². The molecule has 3 rings (SSSR count). The Morgan fingerprint density at radius 1 is 1.14 bits per heavy atom. The van der Waals surface area contributed by atoms with Crippen LogP contribution in [0.4, 0.5) is 10.1 Å². The van der Waals surface area contributed by atoms with Gasteiger partial charge in [0, 0.05) is 24.3 Å². The summed E-state index contributed by atoms with van der Waals surface area (Å²) in [4.78, 5) is 16.5. The molecule has 0 aliphatic carbocycles. The van der Waals surface area contributed by atoms with E-state index in [9.17, 15) is 9.18 Å². The summed E-state index contributed by atoms with van der Waals surface area (Å²) in [5.74, 6) is -0.373. The zero-order valence-electron chi connectivity index (χ0n) is 10.9. The summed E-state index contributed by atoms with van der Waals surface area (Å²) in [6, 6.07) is 10.7. The Hall–Kier alpha value is -3.02. The third kappa shape index (κ3) is 2.79. The van der Waals surface area contributed by atoms with E-state index in [-0.39, 0.29) is 5.91 Å². The van der Waals surface area contributed by atoms with Crippen LogP contribution in [0.15, 0.2) is 61.1 Å². The quantitative estimate of drug-likeness (QED) is 0.803. The molecule has 0 aliphatic heterocycles. The average Bonchev–Trinajstić information content (AvgIpc) is 3.01. The second kappa shape index (κ2) is 5.54. The number of hydrogen-bond donors (Lipinski definition) is 1. The van der Waals surface area contributed by atoms with Gasteiger partial charge in [-0.25, -0.2) is 14.1 Å². The Kier molecular flexibility index (Phi) is 3.42. The van der Waals surface area contributed by atoms with E-state index in [1.54, 1.807) is 42.9 Å². The molecule has 0 saturated heterocycles. The van der Waals surface area contributed by atoms with Crippen molar-refractivity contribution in [3.8, 4) is 5.82 Å². The van der Waals surface area contributed by atoms with E-state index < -0.39 is 5.82 Å². The molecule has 1 aromatic carbocycles. The summed E-state index contributed by atoms with van der Waals surface area (Å²) in [6.07, 6.45) is 4.88. The monoisotopic (exact) mass is 282 g/mol. The van der Waals surface area contributed by atoms with Gasteiger partial charge in [-0.15, -0.1) is 0 Å². The number of aromatic nitrogens is 3. The molecule has 0 fully saturated rings. The number of halogens is 1. The van der Waals surface area contributed by atoms with Crippen molar-refractivity contribution in [1.82, 2.24) is 14.8 Å². The maximum Gasteiger partial charge on any atom is 0.259 e. The number of nitrogens with one attached hydrogen (secondary N) is 1. The predicted molar refractivity (Wildman–Crippen MR) is 75.7 cm³/mol. The molecule has 3 aromatic rings. The minimum absolute atomic E-state index is 0.352. The van der Waals surface area contributed by atoms with Crippen molar-refractivity contribution >= 4 is 11.6 Å². The Morgan fingerprint density at radius 2 is 2.05 bits per heavy atom. The van der Waals surface area contributed by atoms with E-state index in [4.69, 9.17) is 0 Å². The summed E-state index contributed by atoms with van der Waals surface area (Å²) < 4.78 is 14.6. The van der Waals surface area contributed by atoms with Crippen molar-refractivity contribution in [2.45, 2.75) is 0 Å². The molecule has 0 bridgehead atoms. The first-order chi connectivity index (χ1) is 10.2. The van der Waals surface area contributed by atoms with Gasteiger partial charge in [0.2, 0.25) is 0 Å². The topological polar surface area (TPSA) is 59.8 Å².